The molecule has 2 rings (SSSR count). The lowest BCUT2D eigenvalue weighted by molar-refractivity contribution is -0.140. The molecule has 0 saturated heterocycles. The third-order valence-corrected chi connectivity index (χ3v) is 7.13. The molecular formula is C24H31BrClN3O4S. The van der Waals surface area contributed by atoms with Crippen molar-refractivity contribution in [2.45, 2.75) is 45.7 Å². The van der Waals surface area contributed by atoms with Crippen molar-refractivity contribution in [3.05, 3.63) is 63.6 Å². The van der Waals surface area contributed by atoms with E-state index in [4.69, 9.17) is 11.6 Å². The smallest absolute Gasteiger partial charge is 0.242 e. The summed E-state index contributed by atoms with van der Waals surface area (Å²) in [4.78, 5) is 27.4. The van der Waals surface area contributed by atoms with E-state index in [0.717, 1.165) is 22.7 Å². The lowest BCUT2D eigenvalue weighted by Gasteiger charge is -2.29. The van der Waals surface area contributed by atoms with E-state index in [-0.39, 0.29) is 37.7 Å². The van der Waals surface area contributed by atoms with Crippen LogP contribution in [-0.4, -0.2) is 50.5 Å². The highest BCUT2D eigenvalue weighted by molar-refractivity contribution is 9.10. The van der Waals surface area contributed by atoms with Crippen molar-refractivity contribution in [3.8, 4) is 0 Å². The third kappa shape index (κ3) is 8.60. The number of nitrogens with zero attached hydrogens (tertiary/aromatic N) is 2. The zero-order valence-corrected chi connectivity index (χ0v) is 22.8. The Kier molecular flexibility index (Phi) is 10.9. The molecule has 2 aromatic rings. The molecule has 0 unspecified atom stereocenters. The van der Waals surface area contributed by atoms with Crippen LogP contribution in [0.25, 0.3) is 0 Å². The lowest BCUT2D eigenvalue weighted by Crippen LogP contribution is -2.47. The minimum atomic E-state index is -3.57. The average Bonchev–Trinajstić information content (AvgIpc) is 2.77. The first kappa shape index (κ1) is 28.1. The summed E-state index contributed by atoms with van der Waals surface area (Å²) in [7, 11) is -3.57. The predicted molar refractivity (Wildman–Crippen MR) is 140 cm³/mol. The molecule has 0 radical (unpaired) electrons. The molecule has 10 heteroatoms. The summed E-state index contributed by atoms with van der Waals surface area (Å²) in [5, 5.41) is 3.27. The molecule has 0 aliphatic rings. The number of amides is 2. The summed E-state index contributed by atoms with van der Waals surface area (Å²) in [6, 6.07) is 13.5. The molecule has 0 aliphatic heterocycles. The Morgan fingerprint density at radius 3 is 2.47 bits per heavy atom. The fraction of sp³-hybridized carbons (Fsp3) is 0.417. The van der Waals surface area contributed by atoms with Gasteiger partial charge in [0.1, 0.15) is 6.04 Å². The van der Waals surface area contributed by atoms with Gasteiger partial charge >= 0.3 is 0 Å². The summed E-state index contributed by atoms with van der Waals surface area (Å²) in [6.07, 6.45) is 2.29. The predicted octanol–water partition coefficient (Wildman–Crippen LogP) is 4.59. The van der Waals surface area contributed by atoms with E-state index in [2.05, 4.69) is 21.2 Å². The summed E-state index contributed by atoms with van der Waals surface area (Å²) < 4.78 is 26.8. The Morgan fingerprint density at radius 1 is 1.15 bits per heavy atom. The van der Waals surface area contributed by atoms with E-state index in [1.165, 1.54) is 9.21 Å². The quantitative estimate of drug-likeness (QED) is 0.403. The summed E-state index contributed by atoms with van der Waals surface area (Å²) in [5.74, 6) is -0.444. The first-order valence-corrected chi connectivity index (χ1v) is 14.1. The third-order valence-electron chi connectivity index (χ3n) is 5.21. The van der Waals surface area contributed by atoms with E-state index in [0.29, 0.717) is 17.3 Å². The molecule has 0 heterocycles. The van der Waals surface area contributed by atoms with Crippen molar-refractivity contribution in [2.75, 3.05) is 23.7 Å². The Hall–Kier alpha value is -2.10. The second-order valence-electron chi connectivity index (χ2n) is 8.04. The summed E-state index contributed by atoms with van der Waals surface area (Å²) in [5.41, 5.74) is 1.33. The van der Waals surface area contributed by atoms with Gasteiger partial charge in [0.25, 0.3) is 0 Å². The van der Waals surface area contributed by atoms with E-state index in [1.54, 1.807) is 31.2 Å². The van der Waals surface area contributed by atoms with Gasteiger partial charge in [0.2, 0.25) is 21.8 Å². The number of rotatable bonds is 12. The number of anilines is 1. The Morgan fingerprint density at radius 2 is 1.85 bits per heavy atom. The molecule has 1 atom stereocenters. The van der Waals surface area contributed by atoms with Gasteiger partial charge < -0.3 is 10.2 Å². The number of carbonyl (C=O) groups excluding carboxylic acids is 2. The maximum Gasteiger partial charge on any atom is 0.242 e. The van der Waals surface area contributed by atoms with Gasteiger partial charge in [-0.1, -0.05) is 52.7 Å². The molecule has 2 aromatic carbocycles. The van der Waals surface area contributed by atoms with Crippen molar-refractivity contribution < 1.29 is 18.0 Å². The number of halogens is 2. The second kappa shape index (κ2) is 13.1. The lowest BCUT2D eigenvalue weighted by atomic mass is 10.1. The second-order valence-corrected chi connectivity index (χ2v) is 11.3. The number of hydrogen-bond acceptors (Lipinski definition) is 4. The van der Waals surface area contributed by atoms with E-state index in [9.17, 15) is 18.0 Å². The molecule has 0 aliphatic carbocycles. The summed E-state index contributed by atoms with van der Waals surface area (Å²) in [6.45, 7) is 4.58. The van der Waals surface area contributed by atoms with Gasteiger partial charge in [0, 0.05) is 35.6 Å². The number of hydrogen-bond donors (Lipinski definition) is 1. The molecule has 186 valence electrons. The maximum atomic E-state index is 13.2. The Balaban J connectivity index is 2.15. The number of carbonyl (C=O) groups is 2. The minimum absolute atomic E-state index is 0.0893. The number of sulfonamides is 1. The molecule has 1 N–H and O–H groups in total. The number of benzene rings is 2. The standard InChI is InChI=1S/C24H31BrClN3O4S/c1-4-13-27-24(31)18(2)28(17-19-8-5-9-20(25)15-19)23(30)12-7-14-29(34(3,32)33)22-11-6-10-21(26)16-22/h5-6,8-11,15-16,18H,4,7,12-14,17H2,1-3H3,(H,27,31)/t18-/m1/s1. The highest BCUT2D eigenvalue weighted by Crippen LogP contribution is 2.23. The van der Waals surface area contributed by atoms with Gasteiger partial charge in [-0.05, 0) is 55.7 Å². The van der Waals surface area contributed by atoms with Crippen LogP contribution in [0.3, 0.4) is 0 Å². The Bertz CT molecular complexity index is 1100. The Labute approximate surface area is 215 Å². The van der Waals surface area contributed by atoms with Gasteiger partial charge in [-0.25, -0.2) is 8.42 Å². The SMILES string of the molecule is CCCNC(=O)[C@@H](C)N(Cc1cccc(Br)c1)C(=O)CCCN(c1cccc(Cl)c1)S(C)(=O)=O. The molecular weight excluding hydrogens is 542 g/mol. The molecule has 7 nitrogen and oxygen atoms in total. The summed E-state index contributed by atoms with van der Waals surface area (Å²) >= 11 is 9.47. The zero-order valence-electron chi connectivity index (χ0n) is 19.6. The molecule has 0 saturated carbocycles. The molecule has 34 heavy (non-hydrogen) atoms. The van der Waals surface area contributed by atoms with Gasteiger partial charge in [0.05, 0.1) is 11.9 Å². The first-order chi connectivity index (χ1) is 16.0. The topological polar surface area (TPSA) is 86.8 Å². The van der Waals surface area contributed by atoms with Crippen LogP contribution in [0, 0.1) is 0 Å². The maximum absolute atomic E-state index is 13.2. The monoisotopic (exact) mass is 571 g/mol. The molecule has 0 spiro atoms. The van der Waals surface area contributed by atoms with Crippen LogP contribution in [0.4, 0.5) is 5.69 Å². The van der Waals surface area contributed by atoms with Crippen LogP contribution in [0.2, 0.25) is 5.02 Å². The van der Waals surface area contributed by atoms with Crippen LogP contribution in [-0.2, 0) is 26.2 Å². The molecule has 0 bridgehead atoms. The van der Waals surface area contributed by atoms with Crippen molar-refractivity contribution in [3.63, 3.8) is 0 Å². The average molecular weight is 573 g/mol. The molecule has 2 amide bonds. The van der Waals surface area contributed by atoms with E-state index < -0.39 is 16.1 Å². The van der Waals surface area contributed by atoms with Crippen LogP contribution < -0.4 is 9.62 Å². The first-order valence-electron chi connectivity index (χ1n) is 11.1. The largest absolute Gasteiger partial charge is 0.354 e. The fourth-order valence-electron chi connectivity index (χ4n) is 3.45. The van der Waals surface area contributed by atoms with Gasteiger partial charge in [-0.15, -0.1) is 0 Å². The highest BCUT2D eigenvalue weighted by atomic mass is 79.9. The van der Waals surface area contributed by atoms with Crippen molar-refractivity contribution in [1.29, 1.82) is 0 Å². The normalized spacial score (nSPS) is 12.1. The van der Waals surface area contributed by atoms with Crippen molar-refractivity contribution in [1.82, 2.24) is 10.2 Å². The van der Waals surface area contributed by atoms with Gasteiger partial charge in [-0.2, -0.15) is 0 Å². The van der Waals surface area contributed by atoms with Crippen molar-refractivity contribution in [2.24, 2.45) is 0 Å². The van der Waals surface area contributed by atoms with Crippen LogP contribution in [0.5, 0.6) is 0 Å². The van der Waals surface area contributed by atoms with E-state index in [1.807, 2.05) is 31.2 Å². The number of nitrogens with one attached hydrogen (secondary N) is 1. The highest BCUT2D eigenvalue weighted by Gasteiger charge is 2.26. The zero-order chi connectivity index (χ0) is 25.3. The van der Waals surface area contributed by atoms with Crippen LogP contribution >= 0.6 is 27.5 Å². The van der Waals surface area contributed by atoms with Gasteiger partial charge in [-0.3, -0.25) is 13.9 Å². The fourth-order valence-corrected chi connectivity index (χ4v) is 5.03. The molecule has 0 fully saturated rings. The molecule has 0 aromatic heterocycles. The van der Waals surface area contributed by atoms with Crippen LogP contribution in [0.15, 0.2) is 53.0 Å². The van der Waals surface area contributed by atoms with Gasteiger partial charge in [0.15, 0.2) is 0 Å². The minimum Gasteiger partial charge on any atom is -0.354 e. The van der Waals surface area contributed by atoms with E-state index >= 15 is 0 Å². The van der Waals surface area contributed by atoms with Crippen LogP contribution in [0.1, 0.15) is 38.7 Å². The van der Waals surface area contributed by atoms with Crippen molar-refractivity contribution >= 4 is 55.1 Å².